The molecule has 0 aromatic heterocycles. The van der Waals surface area contributed by atoms with E-state index in [1.54, 1.807) is 0 Å². The van der Waals surface area contributed by atoms with Crippen LogP contribution in [0.15, 0.2) is 30.3 Å². The summed E-state index contributed by atoms with van der Waals surface area (Å²) in [6.07, 6.45) is -0.365. The SMILES string of the molecule is O=C(O)C[C@H]1NC(c2ccccc2)CO1. The molecule has 1 aliphatic heterocycles. The first-order valence-electron chi connectivity index (χ1n) is 4.90. The molecule has 1 unspecified atom stereocenters. The maximum atomic E-state index is 10.5. The average Bonchev–Trinajstić information content (AvgIpc) is 2.67. The van der Waals surface area contributed by atoms with Crippen LogP contribution >= 0.6 is 0 Å². The third kappa shape index (κ3) is 2.55. The van der Waals surface area contributed by atoms with Crippen molar-refractivity contribution in [3.05, 3.63) is 35.9 Å². The highest BCUT2D eigenvalue weighted by Crippen LogP contribution is 2.20. The Morgan fingerprint density at radius 3 is 2.87 bits per heavy atom. The maximum Gasteiger partial charge on any atom is 0.307 e. The van der Waals surface area contributed by atoms with Gasteiger partial charge in [-0.05, 0) is 5.56 Å². The summed E-state index contributed by atoms with van der Waals surface area (Å²) in [6.45, 7) is 0.530. The van der Waals surface area contributed by atoms with E-state index in [0.29, 0.717) is 6.61 Å². The van der Waals surface area contributed by atoms with Gasteiger partial charge in [0, 0.05) is 0 Å². The van der Waals surface area contributed by atoms with Gasteiger partial charge >= 0.3 is 5.97 Å². The Labute approximate surface area is 87.9 Å². The number of benzene rings is 1. The molecular weight excluding hydrogens is 194 g/mol. The molecular formula is C11H13NO3. The van der Waals surface area contributed by atoms with Crippen LogP contribution in [0.2, 0.25) is 0 Å². The second kappa shape index (κ2) is 4.42. The Morgan fingerprint density at radius 2 is 2.20 bits per heavy atom. The highest BCUT2D eigenvalue weighted by Gasteiger charge is 2.26. The van der Waals surface area contributed by atoms with Gasteiger partial charge in [0.2, 0.25) is 0 Å². The Balaban J connectivity index is 1.96. The van der Waals surface area contributed by atoms with Crippen molar-refractivity contribution in [3.8, 4) is 0 Å². The van der Waals surface area contributed by atoms with E-state index in [1.165, 1.54) is 0 Å². The number of hydrogen-bond donors (Lipinski definition) is 2. The Kier molecular flexibility index (Phi) is 2.99. The van der Waals surface area contributed by atoms with Crippen LogP contribution in [-0.4, -0.2) is 23.9 Å². The van der Waals surface area contributed by atoms with Crippen LogP contribution in [0.4, 0.5) is 0 Å². The van der Waals surface area contributed by atoms with E-state index >= 15 is 0 Å². The van der Waals surface area contributed by atoms with Crippen LogP contribution in [0.1, 0.15) is 18.0 Å². The number of rotatable bonds is 3. The van der Waals surface area contributed by atoms with Crippen molar-refractivity contribution in [1.82, 2.24) is 5.32 Å². The van der Waals surface area contributed by atoms with Gasteiger partial charge < -0.3 is 9.84 Å². The lowest BCUT2D eigenvalue weighted by atomic mass is 10.1. The number of aliphatic carboxylic acids is 1. The lowest BCUT2D eigenvalue weighted by Gasteiger charge is -2.10. The quantitative estimate of drug-likeness (QED) is 0.780. The first-order valence-corrected chi connectivity index (χ1v) is 4.90. The van der Waals surface area contributed by atoms with Crippen molar-refractivity contribution in [1.29, 1.82) is 0 Å². The molecule has 2 atom stereocenters. The number of hydrogen-bond acceptors (Lipinski definition) is 3. The lowest BCUT2D eigenvalue weighted by Crippen LogP contribution is -2.27. The smallest absolute Gasteiger partial charge is 0.307 e. The predicted molar refractivity (Wildman–Crippen MR) is 54.3 cm³/mol. The fraction of sp³-hybridized carbons (Fsp3) is 0.364. The molecule has 1 aromatic rings. The molecule has 2 N–H and O–H groups in total. The predicted octanol–water partition coefficient (Wildman–Crippen LogP) is 1.15. The highest BCUT2D eigenvalue weighted by molar-refractivity contribution is 5.67. The summed E-state index contributed by atoms with van der Waals surface area (Å²) in [5.74, 6) is -0.846. The summed E-state index contributed by atoms with van der Waals surface area (Å²) in [5, 5.41) is 11.7. The minimum Gasteiger partial charge on any atom is -0.481 e. The molecule has 80 valence electrons. The lowest BCUT2D eigenvalue weighted by molar-refractivity contribution is -0.139. The topological polar surface area (TPSA) is 58.6 Å². The molecule has 0 aliphatic carbocycles. The third-order valence-corrected chi connectivity index (χ3v) is 2.41. The Bertz CT molecular complexity index is 339. The molecule has 0 saturated carbocycles. The summed E-state index contributed by atoms with van der Waals surface area (Å²) in [6, 6.07) is 9.99. The monoisotopic (exact) mass is 207 g/mol. The Hall–Kier alpha value is -1.39. The van der Waals surface area contributed by atoms with Gasteiger partial charge in [-0.15, -0.1) is 0 Å². The van der Waals surface area contributed by atoms with E-state index in [9.17, 15) is 4.79 Å². The molecule has 0 radical (unpaired) electrons. The van der Waals surface area contributed by atoms with Crippen molar-refractivity contribution >= 4 is 5.97 Å². The molecule has 4 heteroatoms. The summed E-state index contributed by atoms with van der Waals surface area (Å²) < 4.78 is 5.34. The average molecular weight is 207 g/mol. The Morgan fingerprint density at radius 1 is 1.47 bits per heavy atom. The van der Waals surface area contributed by atoms with E-state index < -0.39 is 5.97 Å². The van der Waals surface area contributed by atoms with Gasteiger partial charge in [0.05, 0.1) is 19.1 Å². The maximum absolute atomic E-state index is 10.5. The number of nitrogens with one attached hydrogen (secondary N) is 1. The number of carboxylic acid groups (broad SMARTS) is 1. The minimum atomic E-state index is -0.846. The summed E-state index contributed by atoms with van der Waals surface area (Å²) in [5.41, 5.74) is 1.13. The van der Waals surface area contributed by atoms with Gasteiger partial charge in [-0.25, -0.2) is 0 Å². The van der Waals surface area contributed by atoms with Crippen LogP contribution in [0.3, 0.4) is 0 Å². The normalized spacial score (nSPS) is 25.3. The van der Waals surface area contributed by atoms with Crippen molar-refractivity contribution in [3.63, 3.8) is 0 Å². The van der Waals surface area contributed by atoms with Gasteiger partial charge in [0.1, 0.15) is 6.23 Å². The van der Waals surface area contributed by atoms with Gasteiger partial charge in [-0.2, -0.15) is 0 Å². The number of carboxylic acids is 1. The molecule has 1 saturated heterocycles. The van der Waals surface area contributed by atoms with Gasteiger partial charge in [0.15, 0.2) is 0 Å². The molecule has 1 heterocycles. The largest absolute Gasteiger partial charge is 0.481 e. The van der Waals surface area contributed by atoms with Crippen LogP contribution in [0.25, 0.3) is 0 Å². The van der Waals surface area contributed by atoms with E-state index in [4.69, 9.17) is 9.84 Å². The fourth-order valence-electron chi connectivity index (χ4n) is 1.69. The zero-order chi connectivity index (χ0) is 10.7. The second-order valence-corrected chi connectivity index (χ2v) is 3.55. The van der Waals surface area contributed by atoms with Crippen LogP contribution in [0.5, 0.6) is 0 Å². The first-order chi connectivity index (χ1) is 7.25. The minimum absolute atomic E-state index is 0.00331. The van der Waals surface area contributed by atoms with Gasteiger partial charge in [0.25, 0.3) is 0 Å². The molecule has 0 amide bonds. The van der Waals surface area contributed by atoms with Crippen LogP contribution < -0.4 is 5.32 Å². The standard InChI is InChI=1S/C11H13NO3/c13-11(14)6-10-12-9(7-15-10)8-4-2-1-3-5-8/h1-5,9-10,12H,6-7H2,(H,13,14)/t9?,10-/m0/s1. The second-order valence-electron chi connectivity index (χ2n) is 3.55. The van der Waals surface area contributed by atoms with Crippen molar-refractivity contribution < 1.29 is 14.6 Å². The first kappa shape index (κ1) is 10.1. The summed E-state index contributed by atoms with van der Waals surface area (Å²) in [4.78, 5) is 10.5. The zero-order valence-electron chi connectivity index (χ0n) is 8.22. The van der Waals surface area contributed by atoms with Crippen LogP contribution in [0, 0.1) is 0 Å². The number of carbonyl (C=O) groups is 1. The van der Waals surface area contributed by atoms with Crippen molar-refractivity contribution in [2.24, 2.45) is 0 Å². The zero-order valence-corrected chi connectivity index (χ0v) is 8.22. The third-order valence-electron chi connectivity index (χ3n) is 2.41. The van der Waals surface area contributed by atoms with Crippen molar-refractivity contribution in [2.75, 3.05) is 6.61 Å². The molecule has 1 aliphatic rings. The van der Waals surface area contributed by atoms with Crippen LogP contribution in [-0.2, 0) is 9.53 Å². The summed E-state index contributed by atoms with van der Waals surface area (Å²) in [7, 11) is 0. The molecule has 0 bridgehead atoms. The molecule has 2 rings (SSSR count). The van der Waals surface area contributed by atoms with Gasteiger partial charge in [-0.1, -0.05) is 30.3 Å². The highest BCUT2D eigenvalue weighted by atomic mass is 16.5. The molecule has 1 aromatic carbocycles. The van der Waals surface area contributed by atoms with E-state index in [1.807, 2.05) is 30.3 Å². The van der Waals surface area contributed by atoms with E-state index in [2.05, 4.69) is 5.32 Å². The van der Waals surface area contributed by atoms with E-state index in [0.717, 1.165) is 5.56 Å². The fourth-order valence-corrected chi connectivity index (χ4v) is 1.69. The van der Waals surface area contributed by atoms with Crippen molar-refractivity contribution in [2.45, 2.75) is 18.7 Å². The molecule has 15 heavy (non-hydrogen) atoms. The molecule has 1 fully saturated rings. The summed E-state index contributed by atoms with van der Waals surface area (Å²) >= 11 is 0. The molecule has 4 nitrogen and oxygen atoms in total. The molecule has 0 spiro atoms. The number of ether oxygens (including phenoxy) is 1. The van der Waals surface area contributed by atoms with E-state index in [-0.39, 0.29) is 18.7 Å². The van der Waals surface area contributed by atoms with Gasteiger partial charge in [-0.3, -0.25) is 10.1 Å².